The molecule has 3 N–H and O–H groups in total. The van der Waals surface area contributed by atoms with Crippen LogP contribution in [-0.2, 0) is 39.8 Å². The Bertz CT molecular complexity index is 1530. The minimum absolute atomic E-state index is 0.000504. The lowest BCUT2D eigenvalue weighted by Crippen LogP contribution is -2.63. The predicted octanol–water partition coefficient (Wildman–Crippen LogP) is 4.11. The van der Waals surface area contributed by atoms with E-state index >= 15 is 0 Å². The first-order chi connectivity index (χ1) is 23.6. The Balaban J connectivity index is 1.75. The maximum Gasteiger partial charge on any atom is 0.409 e. The summed E-state index contributed by atoms with van der Waals surface area (Å²) in [5, 5.41) is 17.0. The van der Waals surface area contributed by atoms with Gasteiger partial charge in [0.25, 0.3) is 0 Å². The van der Waals surface area contributed by atoms with Crippen molar-refractivity contribution < 1.29 is 43.2 Å². The number of ether oxygens (including phenoxy) is 4. The molecule has 3 amide bonds. The number of nitrogens with one attached hydrogen (secondary N) is 2. The van der Waals surface area contributed by atoms with Crippen LogP contribution in [0.5, 0.6) is 0 Å². The number of hydrogen-bond donors (Lipinski definition) is 4. The van der Waals surface area contributed by atoms with Crippen LogP contribution in [0.1, 0.15) is 65.0 Å². The van der Waals surface area contributed by atoms with Gasteiger partial charge in [0, 0.05) is 39.5 Å². The zero-order chi connectivity index (χ0) is 36.8. The summed E-state index contributed by atoms with van der Waals surface area (Å²) in [4.78, 5) is 53.3. The Morgan fingerprint density at radius 2 is 2.02 bits per heavy atom. The molecule has 3 aliphatic rings. The highest BCUT2D eigenvalue weighted by molar-refractivity contribution is 7.80. The van der Waals surface area contributed by atoms with Gasteiger partial charge in [-0.25, -0.2) is 4.79 Å². The van der Waals surface area contributed by atoms with Crippen molar-refractivity contribution in [2.24, 2.45) is 11.8 Å². The Morgan fingerprint density at radius 3 is 2.70 bits per heavy atom. The number of carbonyl (C=O) groups is 4. The van der Waals surface area contributed by atoms with Gasteiger partial charge in [-0.3, -0.25) is 19.7 Å². The molecule has 3 heterocycles. The highest BCUT2D eigenvalue weighted by Gasteiger charge is 2.64. The van der Waals surface area contributed by atoms with Gasteiger partial charge in [0.1, 0.15) is 23.9 Å². The summed E-state index contributed by atoms with van der Waals surface area (Å²) >= 11 is 4.10. The number of esters is 1. The number of anilines is 1. The van der Waals surface area contributed by atoms with Crippen LogP contribution in [0.15, 0.2) is 48.1 Å². The lowest BCUT2D eigenvalue weighted by molar-refractivity contribution is -0.157. The lowest BCUT2D eigenvalue weighted by atomic mass is 9.83. The molecule has 0 aromatic heterocycles. The third-order valence-electron chi connectivity index (χ3n) is 9.53. The van der Waals surface area contributed by atoms with Crippen LogP contribution in [0.25, 0.3) is 6.08 Å². The average Bonchev–Trinajstić information content (AvgIpc) is 3.75. The summed E-state index contributed by atoms with van der Waals surface area (Å²) in [5.74, 6) is -1.32. The number of aliphatic hydroxyl groups is 1. The number of carbonyl (C=O) groups excluding carboxylic acids is 4. The minimum atomic E-state index is -1.77. The Kier molecular flexibility index (Phi) is 13.0. The quantitative estimate of drug-likeness (QED) is 0.177. The van der Waals surface area contributed by atoms with E-state index in [0.717, 1.165) is 16.7 Å². The summed E-state index contributed by atoms with van der Waals surface area (Å²) < 4.78 is 23.5. The van der Waals surface area contributed by atoms with Crippen LogP contribution >= 0.6 is 12.6 Å². The number of nitrogens with zero attached hydrogens (tertiary/aromatic N) is 1. The summed E-state index contributed by atoms with van der Waals surface area (Å²) in [7, 11) is 3.13. The summed E-state index contributed by atoms with van der Waals surface area (Å²) in [5.41, 5.74) is 0.482. The van der Waals surface area contributed by atoms with Gasteiger partial charge in [0.15, 0.2) is 5.72 Å². The summed E-state index contributed by atoms with van der Waals surface area (Å²) in [6.07, 6.45) is 5.75. The first-order valence-electron chi connectivity index (χ1n) is 17.0. The molecule has 0 saturated carbocycles. The largest absolute Gasteiger partial charge is 0.458 e. The van der Waals surface area contributed by atoms with Crippen molar-refractivity contribution in [3.63, 3.8) is 0 Å². The van der Waals surface area contributed by atoms with E-state index in [-0.39, 0.29) is 24.7 Å². The van der Waals surface area contributed by atoms with Gasteiger partial charge < -0.3 is 34.3 Å². The molecule has 50 heavy (non-hydrogen) atoms. The fraction of sp³-hybridized carbons (Fsp3) is 0.568. The number of alkyl carbamates (subject to hydrolysis) is 1. The van der Waals surface area contributed by atoms with E-state index < -0.39 is 59.6 Å². The second-order valence-electron chi connectivity index (χ2n) is 13.8. The van der Waals surface area contributed by atoms with Crippen LogP contribution in [0.4, 0.5) is 10.5 Å². The standard InChI is InChI=1S/C37H51N3O9S/c1-22(2)34(43)48-30-20-32(42)40(6)27-19-25(13-14-26(27)11-9-16-38-31(41)15-17-50)18-23(3)10-8-12-29(46-7)37(45)21-28(47-35(44)39-37)24(4)33-36(30,5)49-33/h8-14,19,22,24,28-30,33,45,50H,15-18,20-21H2,1-7H3,(H,38,41)(H,39,44)/b11-9+,12-8+,23-10+/t24-,28+,29-,30+,33+,36+,37+/m1/s1. The monoisotopic (exact) mass is 713 g/mol. The van der Waals surface area contributed by atoms with E-state index in [1.165, 1.54) is 7.11 Å². The molecular formula is C37H51N3O9S. The molecule has 13 heteroatoms. The van der Waals surface area contributed by atoms with Crippen molar-refractivity contribution in [1.29, 1.82) is 0 Å². The molecule has 7 atom stereocenters. The molecule has 4 rings (SSSR count). The second kappa shape index (κ2) is 16.6. The van der Waals surface area contributed by atoms with E-state index in [1.54, 1.807) is 44.9 Å². The summed E-state index contributed by atoms with van der Waals surface area (Å²) in [6.45, 7) is 9.33. The van der Waals surface area contributed by atoms with Crippen molar-refractivity contribution in [3.05, 3.63) is 59.2 Å². The van der Waals surface area contributed by atoms with Gasteiger partial charge in [-0.1, -0.05) is 68.9 Å². The Labute approximate surface area is 300 Å². The molecule has 2 fully saturated rings. The third-order valence-corrected chi connectivity index (χ3v) is 9.75. The van der Waals surface area contributed by atoms with Gasteiger partial charge in [-0.2, -0.15) is 12.6 Å². The lowest BCUT2D eigenvalue weighted by Gasteiger charge is -2.42. The van der Waals surface area contributed by atoms with Crippen molar-refractivity contribution in [3.8, 4) is 0 Å². The molecular weight excluding hydrogens is 662 g/mol. The van der Waals surface area contributed by atoms with Crippen LogP contribution in [0.2, 0.25) is 0 Å². The number of rotatable bonds is 8. The molecule has 1 aromatic carbocycles. The van der Waals surface area contributed by atoms with E-state index in [9.17, 15) is 24.3 Å². The zero-order valence-electron chi connectivity index (χ0n) is 29.9. The molecule has 12 nitrogen and oxygen atoms in total. The van der Waals surface area contributed by atoms with Gasteiger partial charge in [0.05, 0.1) is 24.1 Å². The fourth-order valence-electron chi connectivity index (χ4n) is 6.43. The molecule has 0 radical (unpaired) electrons. The van der Waals surface area contributed by atoms with Crippen LogP contribution in [-0.4, -0.2) is 91.2 Å². The highest BCUT2D eigenvalue weighted by Crippen LogP contribution is 2.49. The number of amides is 3. The van der Waals surface area contributed by atoms with Crippen molar-refractivity contribution in [2.45, 2.75) is 96.0 Å². The number of thiol groups is 1. The molecule has 0 unspecified atom stereocenters. The van der Waals surface area contributed by atoms with E-state index in [2.05, 4.69) is 23.3 Å². The van der Waals surface area contributed by atoms with E-state index in [1.807, 2.05) is 50.3 Å². The first kappa shape index (κ1) is 39.1. The SMILES string of the molecule is CO[C@@H]1/C=C/C=C(\C)Cc2ccc(/C=C/CNC(=O)CCS)c(c2)N(C)C(=O)C[C@H](OC(=O)C(C)C)[C@]2(C)O[C@H]2[C@H](C)[C@@H]2C[C@@]1(O)NC(=O)O2. The molecule has 274 valence electrons. The van der Waals surface area contributed by atoms with Crippen LogP contribution < -0.4 is 15.5 Å². The normalized spacial score (nSPS) is 32.0. The third kappa shape index (κ3) is 9.36. The smallest absolute Gasteiger partial charge is 0.409 e. The molecule has 0 spiro atoms. The summed E-state index contributed by atoms with van der Waals surface area (Å²) in [6, 6.07) is 5.84. The molecule has 3 aliphatic heterocycles. The molecule has 2 saturated heterocycles. The zero-order valence-corrected chi connectivity index (χ0v) is 30.8. The van der Waals surface area contributed by atoms with E-state index in [4.69, 9.17) is 18.9 Å². The number of fused-ring (bicyclic) bond motifs is 5. The maximum atomic E-state index is 14.1. The number of epoxide rings is 1. The Hall–Kier alpha value is -3.65. The highest BCUT2D eigenvalue weighted by atomic mass is 32.1. The molecule has 1 aromatic rings. The van der Waals surface area contributed by atoms with Crippen LogP contribution in [0.3, 0.4) is 0 Å². The van der Waals surface area contributed by atoms with Crippen molar-refractivity contribution >= 4 is 48.3 Å². The van der Waals surface area contributed by atoms with Crippen molar-refractivity contribution in [1.82, 2.24) is 10.6 Å². The van der Waals surface area contributed by atoms with Gasteiger partial charge in [-0.15, -0.1) is 0 Å². The van der Waals surface area contributed by atoms with Gasteiger partial charge in [-0.05, 0) is 43.2 Å². The number of allylic oxidation sites excluding steroid dienone is 3. The molecule has 4 bridgehead atoms. The fourth-order valence-corrected chi connectivity index (χ4v) is 6.63. The number of benzene rings is 1. The second-order valence-corrected chi connectivity index (χ2v) is 14.3. The van der Waals surface area contributed by atoms with E-state index in [0.29, 0.717) is 30.8 Å². The van der Waals surface area contributed by atoms with Gasteiger partial charge in [0.2, 0.25) is 11.8 Å². The Morgan fingerprint density at radius 1 is 1.28 bits per heavy atom. The van der Waals surface area contributed by atoms with Crippen LogP contribution in [0, 0.1) is 11.8 Å². The minimum Gasteiger partial charge on any atom is -0.458 e. The maximum absolute atomic E-state index is 14.1. The topological polar surface area (TPSA) is 156 Å². The number of hydrogen-bond acceptors (Lipinski definition) is 10. The average molecular weight is 714 g/mol. The van der Waals surface area contributed by atoms with Gasteiger partial charge >= 0.3 is 12.1 Å². The van der Waals surface area contributed by atoms with Crippen molar-refractivity contribution in [2.75, 3.05) is 31.4 Å². The first-order valence-corrected chi connectivity index (χ1v) is 17.6. The molecule has 0 aliphatic carbocycles. The predicted molar refractivity (Wildman–Crippen MR) is 193 cm³/mol. The number of methoxy groups -OCH3 is 1.